The highest BCUT2D eigenvalue weighted by atomic mass is 16.3. The van der Waals surface area contributed by atoms with Crippen molar-refractivity contribution < 1.29 is 9.90 Å². The van der Waals surface area contributed by atoms with Gasteiger partial charge in [-0.2, -0.15) is 0 Å². The van der Waals surface area contributed by atoms with Crippen LogP contribution in [0.1, 0.15) is 57.7 Å². The third-order valence-electron chi connectivity index (χ3n) is 5.36. The van der Waals surface area contributed by atoms with Crippen molar-refractivity contribution in [2.24, 2.45) is 0 Å². The minimum absolute atomic E-state index is 0.00935. The molecule has 5 heteroatoms. The van der Waals surface area contributed by atoms with Crippen LogP contribution in [0.3, 0.4) is 0 Å². The van der Waals surface area contributed by atoms with E-state index in [1.807, 2.05) is 18.2 Å². The molecule has 0 saturated carbocycles. The van der Waals surface area contributed by atoms with Gasteiger partial charge < -0.3 is 20.6 Å². The second kappa shape index (κ2) is 6.61. The first kappa shape index (κ1) is 18.2. The van der Waals surface area contributed by atoms with E-state index in [1.54, 1.807) is 4.90 Å². The molecule has 1 fully saturated rings. The molecular weight excluding hydrogens is 314 g/mol. The molecule has 2 amide bonds. The number of fused-ring (bicyclic) bond motifs is 1. The summed E-state index contributed by atoms with van der Waals surface area (Å²) in [6.45, 7) is 9.32. The van der Waals surface area contributed by atoms with Gasteiger partial charge in [0, 0.05) is 23.7 Å². The van der Waals surface area contributed by atoms with Crippen LogP contribution in [0.4, 0.5) is 4.79 Å². The Morgan fingerprint density at radius 1 is 1.24 bits per heavy atom. The average Bonchev–Trinajstić information content (AvgIpc) is 2.50. The number of urea groups is 1. The van der Waals surface area contributed by atoms with E-state index in [9.17, 15) is 9.90 Å². The SMILES string of the molecule is CC1(C)CC(NC(=O)N2CCc3ccccc3C2CO)CC(C)(C)N1. The first-order valence-electron chi connectivity index (χ1n) is 9.26. The lowest BCUT2D eigenvalue weighted by Gasteiger charge is -2.47. The van der Waals surface area contributed by atoms with Crippen molar-refractivity contribution in [3.63, 3.8) is 0 Å². The number of rotatable bonds is 2. The molecule has 0 aromatic heterocycles. The largest absolute Gasteiger partial charge is 0.394 e. The maximum atomic E-state index is 13.0. The summed E-state index contributed by atoms with van der Waals surface area (Å²) in [5, 5.41) is 16.8. The van der Waals surface area contributed by atoms with E-state index in [0.717, 1.165) is 24.8 Å². The lowest BCUT2D eigenvalue weighted by atomic mass is 9.79. The van der Waals surface area contributed by atoms with E-state index in [-0.39, 0.29) is 35.8 Å². The summed E-state index contributed by atoms with van der Waals surface area (Å²) < 4.78 is 0. The number of hydrogen-bond donors (Lipinski definition) is 3. The van der Waals surface area contributed by atoms with E-state index >= 15 is 0 Å². The van der Waals surface area contributed by atoms with Gasteiger partial charge in [0.05, 0.1) is 12.6 Å². The van der Waals surface area contributed by atoms with Crippen LogP contribution in [0.15, 0.2) is 24.3 Å². The van der Waals surface area contributed by atoms with Crippen LogP contribution >= 0.6 is 0 Å². The van der Waals surface area contributed by atoms with Crippen LogP contribution in [-0.2, 0) is 6.42 Å². The number of amides is 2. The zero-order chi connectivity index (χ0) is 18.2. The summed E-state index contributed by atoms with van der Waals surface area (Å²) in [5.41, 5.74) is 2.28. The average molecular weight is 345 g/mol. The fraction of sp³-hybridized carbons (Fsp3) is 0.650. The molecule has 1 unspecified atom stereocenters. The highest BCUT2D eigenvalue weighted by Crippen LogP contribution is 2.31. The van der Waals surface area contributed by atoms with E-state index in [0.29, 0.717) is 6.54 Å². The minimum Gasteiger partial charge on any atom is -0.394 e. The van der Waals surface area contributed by atoms with Crippen molar-refractivity contribution >= 4 is 6.03 Å². The Balaban J connectivity index is 1.73. The maximum absolute atomic E-state index is 13.0. The van der Waals surface area contributed by atoms with Crippen molar-refractivity contribution in [1.29, 1.82) is 0 Å². The number of piperidine rings is 1. The molecule has 2 heterocycles. The van der Waals surface area contributed by atoms with Gasteiger partial charge >= 0.3 is 6.03 Å². The molecule has 1 aromatic rings. The Morgan fingerprint density at radius 2 is 1.88 bits per heavy atom. The molecule has 3 rings (SSSR count). The summed E-state index contributed by atoms with van der Waals surface area (Å²) in [7, 11) is 0. The topological polar surface area (TPSA) is 64.6 Å². The number of carbonyl (C=O) groups is 1. The van der Waals surface area contributed by atoms with Crippen LogP contribution < -0.4 is 10.6 Å². The molecule has 2 aliphatic heterocycles. The van der Waals surface area contributed by atoms with Crippen molar-refractivity contribution in [3.05, 3.63) is 35.4 Å². The Hall–Kier alpha value is -1.59. The highest BCUT2D eigenvalue weighted by molar-refractivity contribution is 5.75. The van der Waals surface area contributed by atoms with Gasteiger partial charge in [0.2, 0.25) is 0 Å². The van der Waals surface area contributed by atoms with E-state index in [2.05, 4.69) is 44.4 Å². The molecule has 3 N–H and O–H groups in total. The second-order valence-electron chi connectivity index (χ2n) is 8.79. The zero-order valence-corrected chi connectivity index (χ0v) is 15.8. The molecule has 2 aliphatic rings. The molecule has 0 aliphatic carbocycles. The van der Waals surface area contributed by atoms with Crippen molar-refractivity contribution in [2.45, 2.75) is 70.1 Å². The zero-order valence-electron chi connectivity index (χ0n) is 15.8. The van der Waals surface area contributed by atoms with Gasteiger partial charge in [0.15, 0.2) is 0 Å². The normalized spacial score (nSPS) is 25.3. The molecular formula is C20H31N3O2. The number of nitrogens with zero attached hydrogens (tertiary/aromatic N) is 1. The van der Waals surface area contributed by atoms with Crippen LogP contribution in [-0.4, -0.2) is 46.3 Å². The summed E-state index contributed by atoms with van der Waals surface area (Å²) in [6.07, 6.45) is 2.63. The van der Waals surface area contributed by atoms with Crippen LogP contribution in [0.5, 0.6) is 0 Å². The van der Waals surface area contributed by atoms with Crippen LogP contribution in [0.25, 0.3) is 0 Å². The summed E-state index contributed by atoms with van der Waals surface area (Å²) in [4.78, 5) is 14.7. The smallest absolute Gasteiger partial charge is 0.318 e. The van der Waals surface area contributed by atoms with Gasteiger partial charge in [-0.1, -0.05) is 24.3 Å². The first-order chi connectivity index (χ1) is 11.7. The molecule has 1 atom stereocenters. The van der Waals surface area contributed by atoms with Gasteiger partial charge in [0.1, 0.15) is 0 Å². The number of benzene rings is 1. The number of carbonyl (C=O) groups excluding carboxylic acids is 1. The number of hydrogen-bond acceptors (Lipinski definition) is 3. The lowest BCUT2D eigenvalue weighted by molar-refractivity contribution is 0.111. The van der Waals surface area contributed by atoms with Crippen LogP contribution in [0, 0.1) is 0 Å². The Kier molecular flexibility index (Phi) is 4.82. The van der Waals surface area contributed by atoms with Crippen molar-refractivity contribution in [2.75, 3.05) is 13.2 Å². The molecule has 138 valence electrons. The van der Waals surface area contributed by atoms with E-state index < -0.39 is 0 Å². The van der Waals surface area contributed by atoms with Gasteiger partial charge in [-0.25, -0.2) is 4.79 Å². The predicted octanol–water partition coefficient (Wildman–Crippen LogP) is 2.60. The summed E-state index contributed by atoms with van der Waals surface area (Å²) in [6, 6.07) is 7.91. The molecule has 5 nitrogen and oxygen atoms in total. The maximum Gasteiger partial charge on any atom is 0.318 e. The third-order valence-corrected chi connectivity index (χ3v) is 5.36. The van der Waals surface area contributed by atoms with Gasteiger partial charge in [-0.05, 0) is 58.1 Å². The first-order valence-corrected chi connectivity index (χ1v) is 9.26. The van der Waals surface area contributed by atoms with Crippen molar-refractivity contribution in [1.82, 2.24) is 15.5 Å². The Bertz CT molecular complexity index is 626. The number of aliphatic hydroxyl groups is 1. The fourth-order valence-corrected chi connectivity index (χ4v) is 4.77. The monoisotopic (exact) mass is 345 g/mol. The van der Waals surface area contributed by atoms with Crippen LogP contribution in [0.2, 0.25) is 0 Å². The van der Waals surface area contributed by atoms with Gasteiger partial charge in [-0.15, -0.1) is 0 Å². The third kappa shape index (κ3) is 3.98. The Morgan fingerprint density at radius 3 is 2.52 bits per heavy atom. The lowest BCUT2D eigenvalue weighted by Crippen LogP contribution is -2.63. The predicted molar refractivity (Wildman–Crippen MR) is 99.5 cm³/mol. The summed E-state index contributed by atoms with van der Waals surface area (Å²) in [5.74, 6) is 0. The standard InChI is InChI=1S/C20H31N3O2/c1-19(2)11-15(12-20(3,4)22-19)21-18(25)23-10-9-14-7-5-6-8-16(14)17(23)13-24/h5-8,15,17,22,24H,9-13H2,1-4H3,(H,21,25). The Labute approximate surface area is 150 Å². The van der Waals surface area contributed by atoms with E-state index in [1.165, 1.54) is 5.56 Å². The minimum atomic E-state index is -0.257. The van der Waals surface area contributed by atoms with E-state index in [4.69, 9.17) is 0 Å². The quantitative estimate of drug-likeness (QED) is 0.772. The highest BCUT2D eigenvalue weighted by Gasteiger charge is 2.39. The number of nitrogens with one attached hydrogen (secondary N) is 2. The molecule has 25 heavy (non-hydrogen) atoms. The molecule has 0 spiro atoms. The molecule has 0 bridgehead atoms. The van der Waals surface area contributed by atoms with Gasteiger partial charge in [0.25, 0.3) is 0 Å². The van der Waals surface area contributed by atoms with Crippen molar-refractivity contribution in [3.8, 4) is 0 Å². The molecule has 1 saturated heterocycles. The molecule has 0 radical (unpaired) electrons. The second-order valence-corrected chi connectivity index (χ2v) is 8.79. The fourth-order valence-electron chi connectivity index (χ4n) is 4.77. The summed E-state index contributed by atoms with van der Waals surface area (Å²) >= 11 is 0. The number of aliphatic hydroxyl groups excluding tert-OH is 1. The molecule has 1 aromatic carbocycles. The van der Waals surface area contributed by atoms with Gasteiger partial charge in [-0.3, -0.25) is 0 Å².